The van der Waals surface area contributed by atoms with E-state index in [1.807, 2.05) is 0 Å². The zero-order valence-corrected chi connectivity index (χ0v) is 9.24. The highest BCUT2D eigenvalue weighted by Crippen LogP contribution is 2.16. The number of primary amides is 1. The molecule has 88 valence electrons. The number of nitrogens with two attached hydrogens (primary N) is 1. The predicted octanol–water partition coefficient (Wildman–Crippen LogP) is -1.07. The molecule has 0 aromatic rings. The lowest BCUT2D eigenvalue weighted by atomic mass is 9.96. The molecule has 0 bridgehead atoms. The highest BCUT2D eigenvalue weighted by atomic mass is 16.2. The molecular formula is C11H17N3O2. The topological polar surface area (TPSA) is 75.4 Å². The minimum atomic E-state index is -0.266. The van der Waals surface area contributed by atoms with Crippen LogP contribution >= 0.6 is 0 Å². The van der Waals surface area contributed by atoms with Gasteiger partial charge in [-0.25, -0.2) is 0 Å². The van der Waals surface area contributed by atoms with E-state index in [1.165, 1.54) is 0 Å². The van der Waals surface area contributed by atoms with Crippen molar-refractivity contribution in [3.8, 4) is 12.3 Å². The molecule has 0 atom stereocenters. The molecule has 0 saturated carbocycles. The van der Waals surface area contributed by atoms with Gasteiger partial charge >= 0.3 is 0 Å². The molecule has 5 nitrogen and oxygen atoms in total. The maximum atomic E-state index is 11.6. The number of hydrogen-bond donors (Lipinski definition) is 2. The van der Waals surface area contributed by atoms with Gasteiger partial charge in [0, 0.05) is 19.0 Å². The number of carbonyl (C=O) groups excluding carboxylic acids is 2. The van der Waals surface area contributed by atoms with Gasteiger partial charge in [0.15, 0.2) is 0 Å². The summed E-state index contributed by atoms with van der Waals surface area (Å²) >= 11 is 0. The van der Waals surface area contributed by atoms with Crippen molar-refractivity contribution >= 4 is 11.8 Å². The van der Waals surface area contributed by atoms with Gasteiger partial charge in [0.05, 0.1) is 13.1 Å². The Morgan fingerprint density at radius 1 is 1.44 bits per heavy atom. The SMILES string of the molecule is C#CCNCC(=O)N1CCC(C(N)=O)CC1. The molecule has 1 saturated heterocycles. The highest BCUT2D eigenvalue weighted by molar-refractivity contribution is 5.80. The number of nitrogens with one attached hydrogen (secondary N) is 1. The molecule has 1 heterocycles. The van der Waals surface area contributed by atoms with Crippen molar-refractivity contribution in [1.29, 1.82) is 0 Å². The van der Waals surface area contributed by atoms with Crippen molar-refractivity contribution < 1.29 is 9.59 Å². The van der Waals surface area contributed by atoms with E-state index in [0.29, 0.717) is 32.5 Å². The molecule has 2 amide bonds. The molecule has 0 radical (unpaired) electrons. The first-order valence-electron chi connectivity index (χ1n) is 5.36. The van der Waals surface area contributed by atoms with Crippen LogP contribution in [0.5, 0.6) is 0 Å². The summed E-state index contributed by atoms with van der Waals surface area (Å²) in [5.41, 5.74) is 5.21. The zero-order chi connectivity index (χ0) is 12.0. The molecule has 1 rings (SSSR count). The third-order valence-corrected chi connectivity index (χ3v) is 2.75. The number of piperidine rings is 1. The Balaban J connectivity index is 2.28. The van der Waals surface area contributed by atoms with E-state index in [4.69, 9.17) is 12.2 Å². The average molecular weight is 223 g/mol. The minimum absolute atomic E-state index is 0.0261. The molecule has 0 aliphatic carbocycles. The fourth-order valence-corrected chi connectivity index (χ4v) is 1.77. The van der Waals surface area contributed by atoms with Crippen molar-refractivity contribution in [2.75, 3.05) is 26.2 Å². The van der Waals surface area contributed by atoms with Crippen LogP contribution in [0.1, 0.15) is 12.8 Å². The molecule has 0 aromatic carbocycles. The summed E-state index contributed by atoms with van der Waals surface area (Å²) in [6.07, 6.45) is 6.38. The summed E-state index contributed by atoms with van der Waals surface area (Å²) in [4.78, 5) is 24.3. The molecule has 0 spiro atoms. The van der Waals surface area contributed by atoms with Gasteiger partial charge in [-0.05, 0) is 12.8 Å². The van der Waals surface area contributed by atoms with Gasteiger partial charge < -0.3 is 10.6 Å². The smallest absolute Gasteiger partial charge is 0.236 e. The van der Waals surface area contributed by atoms with Gasteiger partial charge in [0.25, 0.3) is 0 Å². The molecule has 3 N–H and O–H groups in total. The maximum absolute atomic E-state index is 11.6. The minimum Gasteiger partial charge on any atom is -0.369 e. The summed E-state index contributed by atoms with van der Waals surface area (Å²) in [5.74, 6) is 2.08. The monoisotopic (exact) mass is 223 g/mol. The lowest BCUT2D eigenvalue weighted by Gasteiger charge is -2.30. The maximum Gasteiger partial charge on any atom is 0.236 e. The van der Waals surface area contributed by atoms with Gasteiger partial charge in [0.2, 0.25) is 11.8 Å². The lowest BCUT2D eigenvalue weighted by molar-refractivity contribution is -0.134. The summed E-state index contributed by atoms with van der Waals surface area (Å²) in [5, 5.41) is 2.85. The van der Waals surface area contributed by atoms with Gasteiger partial charge in [-0.15, -0.1) is 6.42 Å². The summed E-state index contributed by atoms with van der Waals surface area (Å²) < 4.78 is 0. The number of amides is 2. The number of nitrogens with zero attached hydrogens (tertiary/aromatic N) is 1. The Kier molecular flexibility index (Phi) is 4.80. The number of rotatable bonds is 4. The van der Waals surface area contributed by atoms with E-state index in [2.05, 4.69) is 11.2 Å². The molecule has 0 aromatic heterocycles. The van der Waals surface area contributed by atoms with Crippen LogP contribution in [0.3, 0.4) is 0 Å². The van der Waals surface area contributed by atoms with E-state index in [0.717, 1.165) is 0 Å². The lowest BCUT2D eigenvalue weighted by Crippen LogP contribution is -2.45. The first-order valence-corrected chi connectivity index (χ1v) is 5.36. The van der Waals surface area contributed by atoms with Gasteiger partial charge in [0.1, 0.15) is 0 Å². The van der Waals surface area contributed by atoms with Crippen LogP contribution in [0.25, 0.3) is 0 Å². The van der Waals surface area contributed by atoms with Crippen LogP contribution in [-0.4, -0.2) is 42.9 Å². The van der Waals surface area contributed by atoms with E-state index in [9.17, 15) is 9.59 Å². The molecule has 1 aliphatic rings. The van der Waals surface area contributed by atoms with Crippen LogP contribution < -0.4 is 11.1 Å². The molecule has 0 unspecified atom stereocenters. The van der Waals surface area contributed by atoms with Crippen molar-refractivity contribution in [2.45, 2.75) is 12.8 Å². The van der Waals surface area contributed by atoms with Crippen molar-refractivity contribution in [3.05, 3.63) is 0 Å². The highest BCUT2D eigenvalue weighted by Gasteiger charge is 2.25. The fourth-order valence-electron chi connectivity index (χ4n) is 1.77. The second-order valence-corrected chi connectivity index (χ2v) is 3.87. The molecule has 16 heavy (non-hydrogen) atoms. The fraction of sp³-hybridized carbons (Fsp3) is 0.636. The molecule has 1 fully saturated rings. The first-order chi connectivity index (χ1) is 7.65. The Hall–Kier alpha value is -1.54. The second-order valence-electron chi connectivity index (χ2n) is 3.87. The normalized spacial score (nSPS) is 16.8. The first kappa shape index (κ1) is 12.5. The van der Waals surface area contributed by atoms with Crippen molar-refractivity contribution in [2.24, 2.45) is 11.7 Å². The van der Waals surface area contributed by atoms with Crippen LogP contribution in [0.15, 0.2) is 0 Å². The van der Waals surface area contributed by atoms with E-state index in [-0.39, 0.29) is 24.3 Å². The van der Waals surface area contributed by atoms with Crippen LogP contribution in [0, 0.1) is 18.3 Å². The molecule has 5 heteroatoms. The van der Waals surface area contributed by atoms with Crippen LogP contribution in [0.4, 0.5) is 0 Å². The van der Waals surface area contributed by atoms with Crippen molar-refractivity contribution in [1.82, 2.24) is 10.2 Å². The average Bonchev–Trinajstić information content (AvgIpc) is 2.29. The predicted molar refractivity (Wildman–Crippen MR) is 60.2 cm³/mol. The Bertz CT molecular complexity index is 301. The Labute approximate surface area is 95.4 Å². The Morgan fingerprint density at radius 2 is 2.06 bits per heavy atom. The Morgan fingerprint density at radius 3 is 2.56 bits per heavy atom. The summed E-state index contributed by atoms with van der Waals surface area (Å²) in [6.45, 7) is 1.85. The van der Waals surface area contributed by atoms with E-state index in [1.54, 1.807) is 4.90 Å². The third-order valence-electron chi connectivity index (χ3n) is 2.75. The van der Waals surface area contributed by atoms with Gasteiger partial charge in [-0.2, -0.15) is 0 Å². The van der Waals surface area contributed by atoms with Gasteiger partial charge in [-0.3, -0.25) is 14.9 Å². The summed E-state index contributed by atoms with van der Waals surface area (Å²) in [7, 11) is 0. The van der Waals surface area contributed by atoms with E-state index >= 15 is 0 Å². The third kappa shape index (κ3) is 3.55. The number of hydrogen-bond acceptors (Lipinski definition) is 3. The second kappa shape index (κ2) is 6.13. The number of terminal acetylenes is 1. The zero-order valence-electron chi connectivity index (χ0n) is 9.24. The standard InChI is InChI=1S/C11H17N3O2/c1-2-5-13-8-10(15)14-6-3-9(4-7-14)11(12)16/h1,9,13H,3-8H2,(H2,12,16). The van der Waals surface area contributed by atoms with Crippen molar-refractivity contribution in [3.63, 3.8) is 0 Å². The molecule has 1 aliphatic heterocycles. The number of likely N-dealkylation sites (tertiary alicyclic amines) is 1. The summed E-state index contributed by atoms with van der Waals surface area (Å²) in [6, 6.07) is 0. The molecular weight excluding hydrogens is 206 g/mol. The van der Waals surface area contributed by atoms with E-state index < -0.39 is 0 Å². The largest absolute Gasteiger partial charge is 0.369 e. The van der Waals surface area contributed by atoms with Crippen LogP contribution in [-0.2, 0) is 9.59 Å². The van der Waals surface area contributed by atoms with Crippen LogP contribution in [0.2, 0.25) is 0 Å². The quantitative estimate of drug-likeness (QED) is 0.471. The number of carbonyl (C=O) groups is 2. The van der Waals surface area contributed by atoms with Gasteiger partial charge in [-0.1, -0.05) is 5.92 Å².